The summed E-state index contributed by atoms with van der Waals surface area (Å²) >= 11 is 0. The lowest BCUT2D eigenvalue weighted by atomic mass is 9.95. The summed E-state index contributed by atoms with van der Waals surface area (Å²) < 4.78 is 11.1. The molecule has 2 aliphatic carbocycles. The topological polar surface area (TPSA) is 96.5 Å². The third-order valence-electron chi connectivity index (χ3n) is 8.90. The highest BCUT2D eigenvalue weighted by Gasteiger charge is 2.42. The van der Waals surface area contributed by atoms with Crippen molar-refractivity contribution >= 4 is 23.9 Å². The van der Waals surface area contributed by atoms with Gasteiger partial charge in [-0.05, 0) is 47.4 Å². The van der Waals surface area contributed by atoms with Crippen LogP contribution in [0.15, 0.2) is 61.2 Å². The zero-order valence-corrected chi connectivity index (χ0v) is 26.4. The fourth-order valence-electron chi connectivity index (χ4n) is 6.59. The molecule has 2 aromatic carbocycles. The Morgan fingerprint density at radius 3 is 2.05 bits per heavy atom. The first-order chi connectivity index (χ1) is 21.2. The number of nitrogens with zero attached hydrogens (tertiary/aromatic N) is 3. The number of amides is 3. The van der Waals surface area contributed by atoms with Gasteiger partial charge in [0.05, 0.1) is 6.42 Å². The smallest absolute Gasteiger partial charge is 0.410 e. The van der Waals surface area contributed by atoms with Crippen molar-refractivity contribution in [2.24, 2.45) is 5.92 Å². The number of likely N-dealkylation sites (N-methyl/N-ethyl adjacent to an activating group) is 3. The van der Waals surface area contributed by atoms with Gasteiger partial charge in [0.15, 0.2) is 0 Å². The first-order valence-electron chi connectivity index (χ1n) is 15.6. The Bertz CT molecular complexity index is 1310. The van der Waals surface area contributed by atoms with Gasteiger partial charge in [0, 0.05) is 33.6 Å². The van der Waals surface area contributed by atoms with E-state index in [9.17, 15) is 19.2 Å². The quantitative estimate of drug-likeness (QED) is 0.230. The lowest BCUT2D eigenvalue weighted by Gasteiger charge is -2.37. The number of carbonyl (C=O) groups excluding carboxylic acids is 4. The van der Waals surface area contributed by atoms with Crippen LogP contribution in [-0.2, 0) is 23.9 Å². The Labute approximate surface area is 260 Å². The third kappa shape index (κ3) is 7.14. The number of esters is 1. The van der Waals surface area contributed by atoms with E-state index in [0.29, 0.717) is 6.54 Å². The van der Waals surface area contributed by atoms with Gasteiger partial charge < -0.3 is 19.3 Å². The minimum atomic E-state index is -1.07. The zero-order chi connectivity index (χ0) is 31.8. The van der Waals surface area contributed by atoms with Crippen molar-refractivity contribution in [3.05, 3.63) is 72.3 Å². The summed E-state index contributed by atoms with van der Waals surface area (Å²) in [5.41, 5.74) is 4.48. The normalized spacial score (nSPS) is 15.5. The SMILES string of the molecule is C=CCOC(=O)CC(C(=O)N(C)CCC)N(C)C(=O)C(C1CCCC1)N(C)C(=O)OCC1c2ccccc2-c2ccccc21. The molecule has 2 aliphatic rings. The third-order valence-corrected chi connectivity index (χ3v) is 8.90. The zero-order valence-electron chi connectivity index (χ0n) is 26.4. The summed E-state index contributed by atoms with van der Waals surface area (Å²) in [4.78, 5) is 58.2. The predicted molar refractivity (Wildman–Crippen MR) is 169 cm³/mol. The Kier molecular flexibility index (Phi) is 11.2. The van der Waals surface area contributed by atoms with E-state index in [-0.39, 0.29) is 37.4 Å². The molecule has 2 atom stereocenters. The number of carbonyl (C=O) groups is 4. The Morgan fingerprint density at radius 1 is 0.886 bits per heavy atom. The monoisotopic (exact) mass is 603 g/mol. The van der Waals surface area contributed by atoms with Gasteiger partial charge in [0.25, 0.3) is 0 Å². The number of ether oxygens (including phenoxy) is 2. The van der Waals surface area contributed by atoms with Gasteiger partial charge in [-0.25, -0.2) is 4.79 Å². The number of rotatable bonds is 13. The number of fused-ring (bicyclic) bond motifs is 3. The second-order valence-electron chi connectivity index (χ2n) is 11.8. The standard InChI is InChI=1S/C35H45N3O6/c1-6-20-36(3)33(40)30(22-31(39)43-21-7-2)37(4)34(41)32(24-14-8-9-15-24)38(5)35(42)44-23-29-27-18-12-10-16-25(27)26-17-11-13-19-28(26)29/h7,10-13,16-19,24,29-30,32H,2,6,8-9,14-15,20-23H2,1,3-5H3. The van der Waals surface area contributed by atoms with Crippen LogP contribution in [0.1, 0.15) is 62.5 Å². The molecule has 236 valence electrons. The summed E-state index contributed by atoms with van der Waals surface area (Å²) in [6, 6.07) is 14.3. The van der Waals surface area contributed by atoms with E-state index in [1.165, 1.54) is 27.8 Å². The summed E-state index contributed by atoms with van der Waals surface area (Å²) in [5.74, 6) is -1.55. The van der Waals surface area contributed by atoms with Gasteiger partial charge in [0.1, 0.15) is 25.3 Å². The molecule has 0 aromatic heterocycles. The molecule has 2 aromatic rings. The van der Waals surface area contributed by atoms with Crippen LogP contribution in [0.3, 0.4) is 0 Å². The summed E-state index contributed by atoms with van der Waals surface area (Å²) in [6.07, 6.45) is 4.74. The van der Waals surface area contributed by atoms with Crippen molar-refractivity contribution in [3.63, 3.8) is 0 Å². The Morgan fingerprint density at radius 2 is 1.48 bits per heavy atom. The van der Waals surface area contributed by atoms with Crippen LogP contribution in [0.2, 0.25) is 0 Å². The highest BCUT2D eigenvalue weighted by atomic mass is 16.6. The molecule has 0 N–H and O–H groups in total. The van der Waals surface area contributed by atoms with Gasteiger partial charge in [0.2, 0.25) is 11.8 Å². The molecular formula is C35H45N3O6. The van der Waals surface area contributed by atoms with E-state index in [4.69, 9.17) is 9.47 Å². The van der Waals surface area contributed by atoms with Gasteiger partial charge >= 0.3 is 12.1 Å². The van der Waals surface area contributed by atoms with Gasteiger partial charge in [-0.15, -0.1) is 0 Å². The minimum Gasteiger partial charge on any atom is -0.461 e. The van der Waals surface area contributed by atoms with Crippen LogP contribution < -0.4 is 0 Å². The molecular weight excluding hydrogens is 558 g/mol. The van der Waals surface area contributed by atoms with Crippen LogP contribution in [0.4, 0.5) is 4.79 Å². The van der Waals surface area contributed by atoms with Crippen molar-refractivity contribution in [3.8, 4) is 11.1 Å². The van der Waals surface area contributed by atoms with E-state index in [0.717, 1.165) is 54.4 Å². The molecule has 3 amide bonds. The maximum absolute atomic E-state index is 14.2. The predicted octanol–water partition coefficient (Wildman–Crippen LogP) is 5.24. The fourth-order valence-corrected chi connectivity index (χ4v) is 6.59. The van der Waals surface area contributed by atoms with E-state index < -0.39 is 30.1 Å². The molecule has 0 saturated heterocycles. The minimum absolute atomic E-state index is 0.0113. The van der Waals surface area contributed by atoms with Crippen molar-refractivity contribution < 1.29 is 28.7 Å². The first kappa shape index (κ1) is 32.8. The molecule has 9 heteroatoms. The van der Waals surface area contributed by atoms with Crippen molar-refractivity contribution in [2.45, 2.75) is 63.5 Å². The molecule has 1 fully saturated rings. The van der Waals surface area contributed by atoms with Gasteiger partial charge in [-0.3, -0.25) is 19.3 Å². The Hall–Kier alpha value is -4.14. The molecule has 0 radical (unpaired) electrons. The van der Waals surface area contributed by atoms with Crippen LogP contribution in [0.5, 0.6) is 0 Å². The Balaban J connectivity index is 1.54. The average molecular weight is 604 g/mol. The first-order valence-corrected chi connectivity index (χ1v) is 15.6. The van der Waals surface area contributed by atoms with Crippen LogP contribution >= 0.6 is 0 Å². The molecule has 1 saturated carbocycles. The largest absolute Gasteiger partial charge is 0.461 e. The van der Waals surface area contributed by atoms with Crippen molar-refractivity contribution in [1.29, 1.82) is 0 Å². The van der Waals surface area contributed by atoms with Crippen LogP contribution in [0.25, 0.3) is 11.1 Å². The maximum Gasteiger partial charge on any atom is 0.410 e. The van der Waals surface area contributed by atoms with Crippen LogP contribution in [0, 0.1) is 5.92 Å². The van der Waals surface area contributed by atoms with E-state index in [1.807, 2.05) is 31.2 Å². The molecule has 4 rings (SSSR count). The lowest BCUT2D eigenvalue weighted by molar-refractivity contribution is -0.153. The second kappa shape index (κ2) is 15.0. The highest BCUT2D eigenvalue weighted by molar-refractivity contribution is 5.93. The maximum atomic E-state index is 14.2. The summed E-state index contributed by atoms with van der Waals surface area (Å²) in [6.45, 7) is 6.14. The molecule has 2 unspecified atom stereocenters. The average Bonchev–Trinajstić information content (AvgIpc) is 3.67. The van der Waals surface area contributed by atoms with E-state index >= 15 is 0 Å². The number of hydrogen-bond donors (Lipinski definition) is 0. The second-order valence-corrected chi connectivity index (χ2v) is 11.8. The van der Waals surface area contributed by atoms with Gasteiger partial charge in [-0.2, -0.15) is 0 Å². The summed E-state index contributed by atoms with van der Waals surface area (Å²) in [5, 5.41) is 0. The fraction of sp³-hybridized carbons (Fsp3) is 0.486. The highest BCUT2D eigenvalue weighted by Crippen LogP contribution is 2.44. The lowest BCUT2D eigenvalue weighted by Crippen LogP contribution is -2.57. The molecule has 0 bridgehead atoms. The summed E-state index contributed by atoms with van der Waals surface area (Å²) in [7, 11) is 4.77. The molecule has 44 heavy (non-hydrogen) atoms. The molecule has 0 aliphatic heterocycles. The molecule has 0 spiro atoms. The van der Waals surface area contributed by atoms with Crippen molar-refractivity contribution in [2.75, 3.05) is 40.9 Å². The number of benzene rings is 2. The number of hydrogen-bond acceptors (Lipinski definition) is 6. The van der Waals surface area contributed by atoms with E-state index in [2.05, 4.69) is 30.8 Å². The van der Waals surface area contributed by atoms with Gasteiger partial charge in [-0.1, -0.05) is 81.0 Å². The van der Waals surface area contributed by atoms with E-state index in [1.54, 1.807) is 14.1 Å². The van der Waals surface area contributed by atoms with Crippen LogP contribution in [-0.4, -0.2) is 91.6 Å². The molecule has 9 nitrogen and oxygen atoms in total. The molecule has 0 heterocycles. The van der Waals surface area contributed by atoms with Crippen molar-refractivity contribution in [1.82, 2.24) is 14.7 Å².